The van der Waals surface area contributed by atoms with Crippen LogP contribution in [0.2, 0.25) is 0 Å². The highest BCUT2D eigenvalue weighted by molar-refractivity contribution is 7.92. The van der Waals surface area contributed by atoms with Gasteiger partial charge in [-0.3, -0.25) is 4.79 Å². The molecule has 2 unspecified atom stereocenters. The highest BCUT2D eigenvalue weighted by Crippen LogP contribution is 2.26. The first-order valence-corrected chi connectivity index (χ1v) is 8.66. The van der Waals surface area contributed by atoms with Gasteiger partial charge in [0.05, 0.1) is 16.9 Å². The number of rotatable bonds is 3. The molecule has 1 fully saturated rings. The summed E-state index contributed by atoms with van der Waals surface area (Å²) < 4.78 is 25.8. The molecule has 0 spiro atoms. The Bertz CT molecular complexity index is 635. The number of hydrogen-bond acceptors (Lipinski definition) is 4. The van der Waals surface area contributed by atoms with Gasteiger partial charge >= 0.3 is 5.97 Å². The minimum absolute atomic E-state index is 0.284. The van der Waals surface area contributed by atoms with Gasteiger partial charge in [-0.25, -0.2) is 13.4 Å². The largest absolute Gasteiger partial charge is 0.481 e. The number of carboxylic acid groups (broad SMARTS) is 1. The van der Waals surface area contributed by atoms with Crippen LogP contribution < -0.4 is 0 Å². The second-order valence-corrected chi connectivity index (χ2v) is 8.08. The average Bonchev–Trinajstić information content (AvgIpc) is 2.94. The van der Waals surface area contributed by atoms with Crippen LogP contribution in [0.25, 0.3) is 0 Å². The SMILES string of the molecule is O=C(O)C1CCn2c(cnc2CC2CCCS2(=O)=O)C1. The summed E-state index contributed by atoms with van der Waals surface area (Å²) in [6.07, 6.45) is 4.68. The molecule has 1 N–H and O–H groups in total. The fourth-order valence-corrected chi connectivity index (χ4v) is 5.03. The topological polar surface area (TPSA) is 89.3 Å². The molecule has 0 radical (unpaired) electrons. The summed E-state index contributed by atoms with van der Waals surface area (Å²) in [7, 11) is -2.96. The van der Waals surface area contributed by atoms with Crippen LogP contribution in [-0.2, 0) is 34.0 Å². The first-order chi connectivity index (χ1) is 9.47. The molecule has 3 rings (SSSR count). The number of carboxylic acids is 1. The molecule has 0 saturated carbocycles. The van der Waals surface area contributed by atoms with Gasteiger partial charge in [0.2, 0.25) is 0 Å². The summed E-state index contributed by atoms with van der Waals surface area (Å²) in [5, 5.41) is 8.75. The second-order valence-electron chi connectivity index (χ2n) is 5.68. The number of carbonyl (C=O) groups is 1. The monoisotopic (exact) mass is 298 g/mol. The van der Waals surface area contributed by atoms with Crippen molar-refractivity contribution in [2.24, 2.45) is 5.92 Å². The Hall–Kier alpha value is -1.37. The number of hydrogen-bond donors (Lipinski definition) is 1. The van der Waals surface area contributed by atoms with E-state index in [2.05, 4.69) is 4.98 Å². The zero-order valence-electron chi connectivity index (χ0n) is 11.2. The zero-order valence-corrected chi connectivity index (χ0v) is 12.0. The Morgan fingerprint density at radius 2 is 2.25 bits per heavy atom. The number of aromatic nitrogens is 2. The van der Waals surface area contributed by atoms with Gasteiger partial charge in [0, 0.05) is 31.3 Å². The first-order valence-electron chi connectivity index (χ1n) is 6.95. The summed E-state index contributed by atoms with van der Waals surface area (Å²) in [5.74, 6) is -0.0364. The lowest BCUT2D eigenvalue weighted by atomic mass is 9.96. The van der Waals surface area contributed by atoms with Crippen LogP contribution in [0.15, 0.2) is 6.20 Å². The van der Waals surface area contributed by atoms with Crippen molar-refractivity contribution in [1.82, 2.24) is 9.55 Å². The minimum Gasteiger partial charge on any atom is -0.481 e. The van der Waals surface area contributed by atoms with Crippen molar-refractivity contribution >= 4 is 15.8 Å². The Kier molecular flexibility index (Phi) is 3.32. The Morgan fingerprint density at radius 3 is 2.90 bits per heavy atom. The summed E-state index contributed by atoms with van der Waals surface area (Å²) in [4.78, 5) is 15.4. The van der Waals surface area contributed by atoms with Crippen molar-refractivity contribution in [3.05, 3.63) is 17.7 Å². The smallest absolute Gasteiger partial charge is 0.306 e. The van der Waals surface area contributed by atoms with E-state index in [-0.39, 0.29) is 16.9 Å². The summed E-state index contributed by atoms with van der Waals surface area (Å²) >= 11 is 0. The molecule has 20 heavy (non-hydrogen) atoms. The highest BCUT2D eigenvalue weighted by atomic mass is 32.2. The summed E-state index contributed by atoms with van der Waals surface area (Å²) in [6, 6.07) is 0. The highest BCUT2D eigenvalue weighted by Gasteiger charge is 2.33. The lowest BCUT2D eigenvalue weighted by Crippen LogP contribution is -2.27. The molecule has 0 aliphatic carbocycles. The molecule has 1 aromatic rings. The van der Waals surface area contributed by atoms with Gasteiger partial charge in [-0.2, -0.15) is 0 Å². The van der Waals surface area contributed by atoms with Gasteiger partial charge < -0.3 is 9.67 Å². The quantitative estimate of drug-likeness (QED) is 0.885. The van der Waals surface area contributed by atoms with Crippen molar-refractivity contribution in [3.8, 4) is 0 Å². The van der Waals surface area contributed by atoms with E-state index in [1.165, 1.54) is 0 Å². The summed E-state index contributed by atoms with van der Waals surface area (Å²) in [5.41, 5.74) is 0.911. The second kappa shape index (κ2) is 4.87. The molecular weight excluding hydrogens is 280 g/mol. The fourth-order valence-electron chi connectivity index (χ4n) is 3.19. The third kappa shape index (κ3) is 2.34. The zero-order chi connectivity index (χ0) is 14.3. The van der Waals surface area contributed by atoms with Crippen LogP contribution in [0.4, 0.5) is 0 Å². The van der Waals surface area contributed by atoms with Crippen molar-refractivity contribution in [3.63, 3.8) is 0 Å². The molecule has 0 amide bonds. The number of aliphatic carboxylic acids is 1. The van der Waals surface area contributed by atoms with Crippen molar-refractivity contribution in [2.75, 3.05) is 5.75 Å². The molecule has 1 aromatic heterocycles. The predicted molar refractivity (Wildman–Crippen MR) is 72.2 cm³/mol. The van der Waals surface area contributed by atoms with E-state index in [1.807, 2.05) is 4.57 Å². The third-order valence-corrected chi connectivity index (χ3v) is 6.68. The molecule has 6 nitrogen and oxygen atoms in total. The molecule has 0 aromatic carbocycles. The molecule has 2 atom stereocenters. The third-order valence-electron chi connectivity index (χ3n) is 4.40. The Balaban J connectivity index is 1.79. The van der Waals surface area contributed by atoms with Crippen LogP contribution in [-0.4, -0.2) is 40.0 Å². The van der Waals surface area contributed by atoms with E-state index in [9.17, 15) is 13.2 Å². The fraction of sp³-hybridized carbons (Fsp3) is 0.692. The molecular formula is C13H18N2O4S. The minimum atomic E-state index is -2.96. The lowest BCUT2D eigenvalue weighted by molar-refractivity contribution is -0.142. The van der Waals surface area contributed by atoms with Gasteiger partial charge in [0.15, 0.2) is 9.84 Å². The van der Waals surface area contributed by atoms with Crippen LogP contribution in [0.5, 0.6) is 0 Å². The molecule has 7 heteroatoms. The van der Waals surface area contributed by atoms with Gasteiger partial charge in [-0.05, 0) is 19.3 Å². The van der Waals surface area contributed by atoms with Gasteiger partial charge in [-0.15, -0.1) is 0 Å². The van der Waals surface area contributed by atoms with Crippen molar-refractivity contribution in [2.45, 2.75) is 43.9 Å². The van der Waals surface area contributed by atoms with Crippen LogP contribution in [0.1, 0.15) is 30.8 Å². The predicted octanol–water partition coefficient (Wildman–Crippen LogP) is 0.650. The molecule has 3 heterocycles. The molecule has 1 saturated heterocycles. The Labute approximate surface area is 117 Å². The van der Waals surface area contributed by atoms with Crippen LogP contribution in [0.3, 0.4) is 0 Å². The van der Waals surface area contributed by atoms with Crippen LogP contribution in [0, 0.1) is 5.92 Å². The summed E-state index contributed by atoms with van der Waals surface area (Å²) in [6.45, 7) is 0.619. The number of nitrogens with zero attached hydrogens (tertiary/aromatic N) is 2. The normalized spacial score (nSPS) is 28.2. The number of imidazole rings is 1. The first kappa shape index (κ1) is 13.6. The molecule has 0 bridgehead atoms. The number of sulfone groups is 1. The maximum atomic E-state index is 11.9. The molecule has 2 aliphatic heterocycles. The molecule has 110 valence electrons. The van der Waals surface area contributed by atoms with Crippen molar-refractivity contribution < 1.29 is 18.3 Å². The van der Waals surface area contributed by atoms with Crippen LogP contribution >= 0.6 is 0 Å². The Morgan fingerprint density at radius 1 is 1.45 bits per heavy atom. The van der Waals surface area contributed by atoms with E-state index < -0.39 is 15.8 Å². The van der Waals surface area contributed by atoms with Gasteiger partial charge in [-0.1, -0.05) is 0 Å². The maximum Gasteiger partial charge on any atom is 0.306 e. The van der Waals surface area contributed by atoms with E-state index >= 15 is 0 Å². The average molecular weight is 298 g/mol. The van der Waals surface area contributed by atoms with Crippen molar-refractivity contribution in [1.29, 1.82) is 0 Å². The van der Waals surface area contributed by atoms with E-state index in [0.29, 0.717) is 32.2 Å². The van der Waals surface area contributed by atoms with Gasteiger partial charge in [0.25, 0.3) is 0 Å². The standard InChI is InChI=1S/C13H18N2O4S/c16-13(17)9-3-4-15-10(6-9)8-14-12(15)7-11-2-1-5-20(11,18)19/h8-9,11H,1-7H2,(H,16,17). The molecule has 2 aliphatic rings. The van der Waals surface area contributed by atoms with Gasteiger partial charge in [0.1, 0.15) is 5.82 Å². The lowest BCUT2D eigenvalue weighted by Gasteiger charge is -2.22. The van der Waals surface area contributed by atoms with E-state index in [0.717, 1.165) is 17.9 Å². The number of fused-ring (bicyclic) bond motifs is 1. The maximum absolute atomic E-state index is 11.9. The van der Waals surface area contributed by atoms with E-state index in [1.54, 1.807) is 6.20 Å². The van der Waals surface area contributed by atoms with E-state index in [4.69, 9.17) is 5.11 Å².